The molecule has 1 heterocycles. The number of hydrogen-bond acceptors (Lipinski definition) is 3. The number of ether oxygens (including phenoxy) is 1. The highest BCUT2D eigenvalue weighted by atomic mass is 31.1. The SMILES string of the molecule is COc1ccccc1P(c1ccccc1)c1cccc(NC(=O)C(C)(C)C)n1. The molecule has 1 unspecified atom stereocenters. The van der Waals surface area contributed by atoms with Crippen molar-refractivity contribution in [2.75, 3.05) is 12.4 Å². The van der Waals surface area contributed by atoms with Gasteiger partial charge in [0.05, 0.1) is 12.5 Å². The molecule has 1 atom stereocenters. The largest absolute Gasteiger partial charge is 0.496 e. The summed E-state index contributed by atoms with van der Waals surface area (Å²) in [6.45, 7) is 5.66. The molecule has 3 rings (SSSR count). The molecule has 0 saturated heterocycles. The molecule has 28 heavy (non-hydrogen) atoms. The summed E-state index contributed by atoms with van der Waals surface area (Å²) in [7, 11) is 0.756. The Labute approximate surface area is 167 Å². The Hall–Kier alpha value is -2.71. The lowest BCUT2D eigenvalue weighted by atomic mass is 9.96. The third kappa shape index (κ3) is 4.58. The van der Waals surface area contributed by atoms with Crippen LogP contribution in [0.5, 0.6) is 5.75 Å². The monoisotopic (exact) mass is 392 g/mol. The first-order chi connectivity index (χ1) is 13.4. The third-order valence-corrected chi connectivity index (χ3v) is 6.60. The number of rotatable bonds is 5. The van der Waals surface area contributed by atoms with Crippen LogP contribution < -0.4 is 26.1 Å². The Kier molecular flexibility index (Phi) is 6.11. The van der Waals surface area contributed by atoms with Gasteiger partial charge in [-0.3, -0.25) is 4.79 Å². The van der Waals surface area contributed by atoms with E-state index in [1.807, 2.05) is 75.4 Å². The van der Waals surface area contributed by atoms with Gasteiger partial charge < -0.3 is 10.1 Å². The van der Waals surface area contributed by atoms with Crippen molar-refractivity contribution < 1.29 is 9.53 Å². The van der Waals surface area contributed by atoms with Crippen LogP contribution in [0.4, 0.5) is 5.82 Å². The summed E-state index contributed by atoms with van der Waals surface area (Å²) >= 11 is 0. The molecule has 0 radical (unpaired) electrons. The van der Waals surface area contributed by atoms with Crippen LogP contribution in [0.2, 0.25) is 0 Å². The lowest BCUT2D eigenvalue weighted by Gasteiger charge is -2.22. The molecule has 0 saturated carbocycles. The first-order valence-corrected chi connectivity index (χ1v) is 10.5. The Morgan fingerprint density at radius 1 is 0.929 bits per heavy atom. The molecule has 0 fully saturated rings. The van der Waals surface area contributed by atoms with Crippen LogP contribution >= 0.6 is 7.92 Å². The van der Waals surface area contributed by atoms with Gasteiger partial charge in [-0.1, -0.05) is 75.4 Å². The average Bonchev–Trinajstić information content (AvgIpc) is 2.69. The fourth-order valence-electron chi connectivity index (χ4n) is 2.71. The maximum absolute atomic E-state index is 12.4. The number of aromatic nitrogens is 1. The van der Waals surface area contributed by atoms with Crippen molar-refractivity contribution in [1.29, 1.82) is 0 Å². The van der Waals surface area contributed by atoms with E-state index in [0.29, 0.717) is 5.82 Å². The number of anilines is 1. The minimum atomic E-state index is -0.929. The highest BCUT2D eigenvalue weighted by Crippen LogP contribution is 2.36. The summed E-state index contributed by atoms with van der Waals surface area (Å²) in [4.78, 5) is 17.2. The Bertz CT molecular complexity index is 952. The van der Waals surface area contributed by atoms with Crippen LogP contribution in [0.3, 0.4) is 0 Å². The number of methoxy groups -OCH3 is 1. The molecule has 1 amide bonds. The minimum absolute atomic E-state index is 0.0570. The van der Waals surface area contributed by atoms with Crippen LogP contribution in [-0.2, 0) is 4.79 Å². The highest BCUT2D eigenvalue weighted by molar-refractivity contribution is 7.79. The van der Waals surface area contributed by atoms with E-state index in [4.69, 9.17) is 9.72 Å². The molecule has 0 bridgehead atoms. The van der Waals surface area contributed by atoms with Crippen LogP contribution in [-0.4, -0.2) is 18.0 Å². The second-order valence-electron chi connectivity index (χ2n) is 7.43. The molecule has 0 aliphatic carbocycles. The molecule has 0 spiro atoms. The number of hydrogen-bond donors (Lipinski definition) is 1. The Balaban J connectivity index is 2.07. The first kappa shape index (κ1) is 20.0. The topological polar surface area (TPSA) is 51.2 Å². The van der Waals surface area contributed by atoms with E-state index in [2.05, 4.69) is 23.5 Å². The normalized spacial score (nSPS) is 12.3. The molecule has 4 nitrogen and oxygen atoms in total. The fraction of sp³-hybridized carbons (Fsp3) is 0.217. The summed E-state index contributed by atoms with van der Waals surface area (Å²) in [6.07, 6.45) is 0. The molecular weight excluding hydrogens is 367 g/mol. The maximum Gasteiger partial charge on any atom is 0.230 e. The number of amides is 1. The van der Waals surface area contributed by atoms with E-state index in [1.165, 1.54) is 5.30 Å². The average molecular weight is 392 g/mol. The number of para-hydroxylation sites is 1. The van der Waals surface area contributed by atoms with E-state index >= 15 is 0 Å². The van der Waals surface area contributed by atoms with Gasteiger partial charge in [0.25, 0.3) is 0 Å². The number of pyridine rings is 1. The van der Waals surface area contributed by atoms with Crippen LogP contribution in [0, 0.1) is 5.41 Å². The maximum atomic E-state index is 12.4. The molecule has 144 valence electrons. The van der Waals surface area contributed by atoms with Crippen LogP contribution in [0.15, 0.2) is 72.8 Å². The Morgan fingerprint density at radius 2 is 1.61 bits per heavy atom. The molecule has 1 aromatic heterocycles. The standard InChI is InChI=1S/C23H25N2O2P/c1-23(2,3)22(26)25-20-15-10-16-21(24-20)28(17-11-6-5-7-12-17)19-14-9-8-13-18(19)27-4/h5-16H,1-4H3,(H,24,25,26). The summed E-state index contributed by atoms with van der Waals surface area (Å²) in [5, 5.41) is 5.21. The molecule has 2 aromatic carbocycles. The number of nitrogens with one attached hydrogen (secondary N) is 1. The van der Waals surface area contributed by atoms with Gasteiger partial charge >= 0.3 is 0 Å². The van der Waals surface area contributed by atoms with Gasteiger partial charge in [-0.2, -0.15) is 0 Å². The zero-order valence-electron chi connectivity index (χ0n) is 16.6. The van der Waals surface area contributed by atoms with Crippen molar-refractivity contribution >= 4 is 35.7 Å². The number of benzene rings is 2. The smallest absolute Gasteiger partial charge is 0.230 e. The van der Waals surface area contributed by atoms with E-state index < -0.39 is 13.3 Å². The summed E-state index contributed by atoms with van der Waals surface area (Å²) in [6, 6.07) is 24.1. The van der Waals surface area contributed by atoms with E-state index in [-0.39, 0.29) is 5.91 Å². The predicted octanol–water partition coefficient (Wildman–Crippen LogP) is 3.83. The third-order valence-electron chi connectivity index (χ3n) is 4.23. The summed E-state index contributed by atoms with van der Waals surface area (Å²) < 4.78 is 5.63. The van der Waals surface area contributed by atoms with Crippen molar-refractivity contribution in [3.63, 3.8) is 0 Å². The number of carbonyl (C=O) groups excluding carboxylic acids is 1. The number of carbonyl (C=O) groups is 1. The number of nitrogens with zero attached hydrogens (tertiary/aromatic N) is 1. The van der Waals surface area contributed by atoms with Crippen molar-refractivity contribution in [1.82, 2.24) is 4.98 Å². The fourth-order valence-corrected chi connectivity index (χ4v) is 5.03. The predicted molar refractivity (Wildman–Crippen MR) is 118 cm³/mol. The van der Waals surface area contributed by atoms with Gasteiger partial charge in [0.1, 0.15) is 11.6 Å². The van der Waals surface area contributed by atoms with Gasteiger partial charge in [0.2, 0.25) is 5.91 Å². The molecule has 0 aliphatic rings. The van der Waals surface area contributed by atoms with Gasteiger partial charge in [0, 0.05) is 18.6 Å². The molecular formula is C23H25N2O2P. The molecule has 3 aromatic rings. The van der Waals surface area contributed by atoms with Gasteiger partial charge in [-0.25, -0.2) is 4.98 Å². The zero-order chi connectivity index (χ0) is 20.1. The second kappa shape index (κ2) is 8.53. The van der Waals surface area contributed by atoms with E-state index in [9.17, 15) is 4.79 Å². The van der Waals surface area contributed by atoms with Crippen molar-refractivity contribution in [2.45, 2.75) is 20.8 Å². The first-order valence-electron chi connectivity index (χ1n) is 9.17. The van der Waals surface area contributed by atoms with Gasteiger partial charge in [-0.05, 0) is 23.5 Å². The van der Waals surface area contributed by atoms with Crippen molar-refractivity contribution in [3.05, 3.63) is 72.8 Å². The van der Waals surface area contributed by atoms with E-state index in [1.54, 1.807) is 7.11 Å². The van der Waals surface area contributed by atoms with Gasteiger partial charge in [-0.15, -0.1) is 0 Å². The summed E-state index contributed by atoms with van der Waals surface area (Å²) in [5.74, 6) is 1.35. The Morgan fingerprint density at radius 3 is 2.29 bits per heavy atom. The highest BCUT2D eigenvalue weighted by Gasteiger charge is 2.24. The lowest BCUT2D eigenvalue weighted by Crippen LogP contribution is -2.29. The van der Waals surface area contributed by atoms with Crippen molar-refractivity contribution in [3.8, 4) is 5.75 Å². The van der Waals surface area contributed by atoms with E-state index in [0.717, 1.165) is 16.5 Å². The summed E-state index contributed by atoms with van der Waals surface area (Å²) in [5.41, 5.74) is 0.433. The lowest BCUT2D eigenvalue weighted by molar-refractivity contribution is -0.123. The van der Waals surface area contributed by atoms with Gasteiger partial charge in [0.15, 0.2) is 0 Å². The van der Waals surface area contributed by atoms with Crippen LogP contribution in [0.1, 0.15) is 20.8 Å². The quantitative estimate of drug-likeness (QED) is 0.672. The molecule has 1 N–H and O–H groups in total. The zero-order valence-corrected chi connectivity index (χ0v) is 17.5. The van der Waals surface area contributed by atoms with Crippen LogP contribution in [0.25, 0.3) is 0 Å². The minimum Gasteiger partial charge on any atom is -0.496 e. The second-order valence-corrected chi connectivity index (χ2v) is 9.56. The molecule has 5 heteroatoms. The van der Waals surface area contributed by atoms with Crippen molar-refractivity contribution in [2.24, 2.45) is 5.41 Å². The molecule has 0 aliphatic heterocycles.